The smallest absolute Gasteiger partial charge is 0.0419 e. The Labute approximate surface area is 112 Å². The first-order valence-electron chi connectivity index (χ1n) is 6.46. The van der Waals surface area contributed by atoms with Gasteiger partial charge in [0.1, 0.15) is 0 Å². The van der Waals surface area contributed by atoms with Gasteiger partial charge in [-0.15, -0.1) is 11.3 Å². The van der Waals surface area contributed by atoms with Crippen LogP contribution in [0, 0.1) is 0 Å². The predicted molar refractivity (Wildman–Crippen MR) is 78.2 cm³/mol. The minimum absolute atomic E-state index is 0.419. The average Bonchev–Trinajstić information content (AvgIpc) is 3.05. The van der Waals surface area contributed by atoms with E-state index < -0.39 is 0 Å². The molecule has 0 unspecified atom stereocenters. The van der Waals surface area contributed by atoms with Crippen LogP contribution in [0.25, 0.3) is 0 Å². The number of para-hydroxylation sites is 1. The Bertz CT molecular complexity index is 519. The molecule has 0 fully saturated rings. The fraction of sp³-hybridized carbons (Fsp3) is 0.333. The Kier molecular flexibility index (Phi) is 3.35. The highest BCUT2D eigenvalue weighted by Gasteiger charge is 2.14. The summed E-state index contributed by atoms with van der Waals surface area (Å²) < 4.78 is 0. The van der Waals surface area contributed by atoms with Crippen molar-refractivity contribution in [1.29, 1.82) is 0 Å². The van der Waals surface area contributed by atoms with Crippen molar-refractivity contribution >= 4 is 17.0 Å². The molecule has 3 rings (SSSR count). The lowest BCUT2D eigenvalue weighted by Gasteiger charge is -2.14. The van der Waals surface area contributed by atoms with Crippen molar-refractivity contribution in [3.05, 3.63) is 51.7 Å². The van der Waals surface area contributed by atoms with E-state index in [1.807, 2.05) is 11.3 Å². The summed E-state index contributed by atoms with van der Waals surface area (Å²) in [7, 11) is 0. The van der Waals surface area contributed by atoms with Crippen molar-refractivity contribution in [3.8, 4) is 0 Å². The lowest BCUT2D eigenvalue weighted by atomic mass is 10.1. The van der Waals surface area contributed by atoms with Gasteiger partial charge in [-0.05, 0) is 35.9 Å². The van der Waals surface area contributed by atoms with E-state index in [4.69, 9.17) is 0 Å². The molecule has 2 N–H and O–H groups in total. The minimum Gasteiger partial charge on any atom is -0.384 e. The van der Waals surface area contributed by atoms with Gasteiger partial charge in [0.2, 0.25) is 0 Å². The highest BCUT2D eigenvalue weighted by molar-refractivity contribution is 7.10. The topological polar surface area (TPSA) is 24.1 Å². The zero-order valence-corrected chi connectivity index (χ0v) is 11.4. The summed E-state index contributed by atoms with van der Waals surface area (Å²) in [5, 5.41) is 9.23. The van der Waals surface area contributed by atoms with E-state index in [-0.39, 0.29) is 0 Å². The van der Waals surface area contributed by atoms with Gasteiger partial charge in [-0.25, -0.2) is 0 Å². The first-order chi connectivity index (χ1) is 8.84. The van der Waals surface area contributed by atoms with E-state index in [1.54, 1.807) is 0 Å². The molecule has 0 saturated carbocycles. The maximum absolute atomic E-state index is 3.60. The summed E-state index contributed by atoms with van der Waals surface area (Å²) in [6, 6.07) is 11.3. The van der Waals surface area contributed by atoms with Gasteiger partial charge in [-0.2, -0.15) is 0 Å². The Balaban J connectivity index is 1.69. The van der Waals surface area contributed by atoms with Crippen LogP contribution in [0.2, 0.25) is 0 Å². The molecule has 0 saturated heterocycles. The maximum Gasteiger partial charge on any atom is 0.0419 e. The quantitative estimate of drug-likeness (QED) is 0.876. The molecule has 3 heteroatoms. The standard InChI is InChI=1S/C15H18N2S/c1-11(14-6-3-9-18-14)17-10-13-5-2-4-12-7-8-16-15(12)13/h2-6,9,11,16-17H,7-8,10H2,1H3/t11-/m0/s1. The van der Waals surface area contributed by atoms with Crippen molar-refractivity contribution < 1.29 is 0 Å². The van der Waals surface area contributed by atoms with Gasteiger partial charge in [-0.3, -0.25) is 0 Å². The van der Waals surface area contributed by atoms with Gasteiger partial charge in [0.05, 0.1) is 0 Å². The van der Waals surface area contributed by atoms with Crippen LogP contribution in [0.15, 0.2) is 35.7 Å². The number of benzene rings is 1. The van der Waals surface area contributed by atoms with Crippen molar-refractivity contribution in [1.82, 2.24) is 5.32 Å². The van der Waals surface area contributed by atoms with Gasteiger partial charge in [0, 0.05) is 29.7 Å². The second-order valence-corrected chi connectivity index (χ2v) is 5.73. The molecule has 2 aromatic rings. The summed E-state index contributed by atoms with van der Waals surface area (Å²) in [6.07, 6.45) is 1.16. The number of thiophene rings is 1. The molecule has 2 nitrogen and oxygen atoms in total. The average molecular weight is 258 g/mol. The number of rotatable bonds is 4. The van der Waals surface area contributed by atoms with Gasteiger partial charge in [-0.1, -0.05) is 24.3 Å². The minimum atomic E-state index is 0.419. The molecule has 0 bridgehead atoms. The number of hydrogen-bond donors (Lipinski definition) is 2. The second kappa shape index (κ2) is 5.12. The molecule has 1 aromatic heterocycles. The first-order valence-corrected chi connectivity index (χ1v) is 7.34. The normalized spacial score (nSPS) is 15.2. The third kappa shape index (κ3) is 2.28. The summed E-state index contributed by atoms with van der Waals surface area (Å²) >= 11 is 1.81. The maximum atomic E-state index is 3.60. The number of hydrogen-bond acceptors (Lipinski definition) is 3. The Hall–Kier alpha value is -1.32. The molecule has 0 spiro atoms. The van der Waals surface area contributed by atoms with Crippen LogP contribution in [0.4, 0.5) is 5.69 Å². The van der Waals surface area contributed by atoms with Gasteiger partial charge in [0.15, 0.2) is 0 Å². The summed E-state index contributed by atoms with van der Waals surface area (Å²) in [5.41, 5.74) is 4.19. The second-order valence-electron chi connectivity index (χ2n) is 4.75. The van der Waals surface area contributed by atoms with Crippen LogP contribution >= 0.6 is 11.3 Å². The lowest BCUT2D eigenvalue weighted by molar-refractivity contribution is 0.583. The zero-order valence-electron chi connectivity index (χ0n) is 10.6. The van der Waals surface area contributed by atoms with E-state index in [0.29, 0.717) is 6.04 Å². The van der Waals surface area contributed by atoms with Crippen LogP contribution < -0.4 is 10.6 Å². The van der Waals surface area contributed by atoms with E-state index in [1.165, 1.54) is 21.7 Å². The van der Waals surface area contributed by atoms with Gasteiger partial charge in [0.25, 0.3) is 0 Å². The Morgan fingerprint density at radius 2 is 2.28 bits per heavy atom. The SMILES string of the molecule is C[C@H](NCc1cccc2c1NCC2)c1cccs1. The van der Waals surface area contributed by atoms with Gasteiger partial charge >= 0.3 is 0 Å². The number of anilines is 1. The van der Waals surface area contributed by atoms with Crippen molar-refractivity contribution in [2.45, 2.75) is 25.9 Å². The molecule has 1 aromatic carbocycles. The Morgan fingerprint density at radius 1 is 1.33 bits per heavy atom. The molecule has 1 atom stereocenters. The molecule has 18 heavy (non-hydrogen) atoms. The van der Waals surface area contributed by atoms with E-state index in [0.717, 1.165) is 19.5 Å². The summed E-state index contributed by atoms with van der Waals surface area (Å²) in [4.78, 5) is 1.40. The zero-order chi connectivity index (χ0) is 12.4. The highest BCUT2D eigenvalue weighted by atomic mass is 32.1. The third-order valence-electron chi connectivity index (χ3n) is 3.50. The fourth-order valence-electron chi connectivity index (χ4n) is 2.46. The number of nitrogens with one attached hydrogen (secondary N) is 2. The molecule has 94 valence electrons. The van der Waals surface area contributed by atoms with E-state index in [9.17, 15) is 0 Å². The molecular formula is C15H18N2S. The predicted octanol–water partition coefficient (Wildman–Crippen LogP) is 3.57. The first kappa shape index (κ1) is 11.8. The van der Waals surface area contributed by atoms with Gasteiger partial charge < -0.3 is 10.6 Å². The van der Waals surface area contributed by atoms with Crippen LogP contribution in [0.5, 0.6) is 0 Å². The molecule has 1 aliphatic heterocycles. The molecule has 1 aliphatic rings. The molecule has 0 aliphatic carbocycles. The van der Waals surface area contributed by atoms with Crippen LogP contribution in [0.1, 0.15) is 29.0 Å². The van der Waals surface area contributed by atoms with Crippen LogP contribution in [0.3, 0.4) is 0 Å². The largest absolute Gasteiger partial charge is 0.384 e. The Morgan fingerprint density at radius 3 is 3.11 bits per heavy atom. The van der Waals surface area contributed by atoms with E-state index >= 15 is 0 Å². The highest BCUT2D eigenvalue weighted by Crippen LogP contribution is 2.27. The molecule has 0 radical (unpaired) electrons. The van der Waals surface area contributed by atoms with E-state index in [2.05, 4.69) is 53.3 Å². The summed E-state index contributed by atoms with van der Waals surface area (Å²) in [6.45, 7) is 4.23. The lowest BCUT2D eigenvalue weighted by Crippen LogP contribution is -2.17. The molecule has 0 amide bonds. The molecular weight excluding hydrogens is 240 g/mol. The van der Waals surface area contributed by atoms with Crippen LogP contribution in [-0.2, 0) is 13.0 Å². The fourth-order valence-corrected chi connectivity index (χ4v) is 3.22. The van der Waals surface area contributed by atoms with Crippen molar-refractivity contribution in [3.63, 3.8) is 0 Å². The van der Waals surface area contributed by atoms with Crippen LogP contribution in [-0.4, -0.2) is 6.54 Å². The third-order valence-corrected chi connectivity index (χ3v) is 4.56. The monoisotopic (exact) mass is 258 g/mol. The summed E-state index contributed by atoms with van der Waals surface area (Å²) in [5.74, 6) is 0. The molecule has 2 heterocycles. The number of fused-ring (bicyclic) bond motifs is 1. The van der Waals surface area contributed by atoms with Crippen molar-refractivity contribution in [2.24, 2.45) is 0 Å². The van der Waals surface area contributed by atoms with Crippen molar-refractivity contribution in [2.75, 3.05) is 11.9 Å².